The minimum atomic E-state index is -0.667. The number of aliphatic carboxylic acids is 1. The molecule has 0 amide bonds. The average Bonchev–Trinajstić information content (AvgIpc) is 3.15. The molecule has 3 fully saturated rings. The molecule has 0 radical (unpaired) electrons. The quantitative estimate of drug-likeness (QED) is 0.234. The zero-order valence-electron chi connectivity index (χ0n) is 22.2. The Morgan fingerprint density at radius 3 is 2.62 bits per heavy atom. The highest BCUT2D eigenvalue weighted by atomic mass is 16.4. The number of hydrogen-bond donors (Lipinski definition) is 3. The van der Waals surface area contributed by atoms with E-state index in [0.29, 0.717) is 17.3 Å². The summed E-state index contributed by atoms with van der Waals surface area (Å²) < 4.78 is 0. The van der Waals surface area contributed by atoms with Crippen LogP contribution in [0.5, 0.6) is 0 Å². The third-order valence-electron chi connectivity index (χ3n) is 11.0. The summed E-state index contributed by atoms with van der Waals surface area (Å²) in [7, 11) is 0. The summed E-state index contributed by atoms with van der Waals surface area (Å²) >= 11 is 0. The second-order valence-corrected chi connectivity index (χ2v) is 13.0. The highest BCUT2D eigenvalue weighted by Gasteiger charge is 2.59. The van der Waals surface area contributed by atoms with Crippen LogP contribution < -0.4 is 5.32 Å². The number of fused-ring (bicyclic) bond motifs is 5. The zero-order valence-corrected chi connectivity index (χ0v) is 22.2. The molecule has 1 unspecified atom stereocenters. The molecule has 0 aromatic carbocycles. The molecule has 4 rings (SSSR count). The van der Waals surface area contributed by atoms with Gasteiger partial charge in [-0.3, -0.25) is 4.79 Å². The Bertz CT molecular complexity index is 735. The van der Waals surface area contributed by atoms with E-state index >= 15 is 0 Å². The Hall–Kier alpha value is -0.870. The van der Waals surface area contributed by atoms with Crippen molar-refractivity contribution < 1.29 is 15.0 Å². The lowest BCUT2D eigenvalue weighted by atomic mass is 9.47. The highest BCUT2D eigenvalue weighted by molar-refractivity contribution is 5.66. The fourth-order valence-corrected chi connectivity index (χ4v) is 9.15. The van der Waals surface area contributed by atoms with E-state index in [1.165, 1.54) is 51.4 Å². The molecule has 0 heterocycles. The molecule has 0 aromatic heterocycles. The largest absolute Gasteiger partial charge is 0.481 e. The van der Waals surface area contributed by atoms with Crippen LogP contribution in [0.1, 0.15) is 111 Å². The molecule has 4 aliphatic carbocycles. The Morgan fingerprint density at radius 1 is 1.06 bits per heavy atom. The molecular weight excluding hydrogens is 422 g/mol. The summed E-state index contributed by atoms with van der Waals surface area (Å²) in [4.78, 5) is 10.6. The van der Waals surface area contributed by atoms with Crippen LogP contribution in [0.25, 0.3) is 0 Å². The average molecular weight is 474 g/mol. The van der Waals surface area contributed by atoms with E-state index in [0.717, 1.165) is 74.8 Å². The van der Waals surface area contributed by atoms with Crippen molar-refractivity contribution in [2.75, 3.05) is 13.1 Å². The number of carbonyl (C=O) groups is 1. The van der Waals surface area contributed by atoms with Crippen LogP contribution in [0.4, 0.5) is 0 Å². The van der Waals surface area contributed by atoms with Gasteiger partial charge in [0.05, 0.1) is 6.10 Å². The summed E-state index contributed by atoms with van der Waals surface area (Å²) in [5.74, 6) is 3.48. The van der Waals surface area contributed by atoms with E-state index in [1.54, 1.807) is 5.57 Å². The van der Waals surface area contributed by atoms with Crippen molar-refractivity contribution >= 4 is 5.97 Å². The van der Waals surface area contributed by atoms with Crippen molar-refractivity contribution in [3.8, 4) is 0 Å². The van der Waals surface area contributed by atoms with Gasteiger partial charge in [-0.05, 0) is 118 Å². The Kier molecular flexibility index (Phi) is 8.50. The molecule has 194 valence electrons. The van der Waals surface area contributed by atoms with Crippen LogP contribution in [0, 0.1) is 40.4 Å². The van der Waals surface area contributed by atoms with Gasteiger partial charge in [0.15, 0.2) is 0 Å². The van der Waals surface area contributed by atoms with Crippen LogP contribution in [0.15, 0.2) is 11.6 Å². The van der Waals surface area contributed by atoms with Crippen molar-refractivity contribution in [2.24, 2.45) is 40.4 Å². The van der Waals surface area contributed by atoms with E-state index in [1.807, 2.05) is 0 Å². The lowest BCUT2D eigenvalue weighted by Gasteiger charge is -2.58. The molecule has 0 spiro atoms. The second-order valence-electron chi connectivity index (χ2n) is 13.0. The standard InChI is InChI=1S/C30H51NO3/c1-21(20-31-18-8-6-4-5-7-9-28(33)34)25-12-13-26-24-11-10-22-19-23(32)14-16-29(22,2)27(24)15-17-30(25,26)3/h10,21,23-27,31-32H,4-9,11-20H2,1-3H3,(H,33,34)/t21-,23+,24?,25-,26+,27+,29+,30-/m1/s1. The minimum absolute atomic E-state index is 0.106. The molecule has 4 heteroatoms. The predicted octanol–water partition coefficient (Wildman–Crippen LogP) is 6.58. The van der Waals surface area contributed by atoms with Crippen LogP contribution >= 0.6 is 0 Å². The second kappa shape index (κ2) is 11.0. The summed E-state index contributed by atoms with van der Waals surface area (Å²) in [6.07, 6.45) is 18.2. The van der Waals surface area contributed by atoms with Gasteiger partial charge in [-0.25, -0.2) is 0 Å². The molecule has 34 heavy (non-hydrogen) atoms. The van der Waals surface area contributed by atoms with Crippen LogP contribution in [0.3, 0.4) is 0 Å². The first-order valence-electron chi connectivity index (χ1n) is 14.6. The Balaban J connectivity index is 1.25. The van der Waals surface area contributed by atoms with Gasteiger partial charge in [-0.15, -0.1) is 0 Å². The van der Waals surface area contributed by atoms with Gasteiger partial charge < -0.3 is 15.5 Å². The van der Waals surface area contributed by atoms with Gasteiger partial charge in [0.25, 0.3) is 0 Å². The van der Waals surface area contributed by atoms with Gasteiger partial charge in [-0.1, -0.05) is 51.7 Å². The van der Waals surface area contributed by atoms with E-state index in [9.17, 15) is 9.90 Å². The van der Waals surface area contributed by atoms with E-state index in [2.05, 4.69) is 32.2 Å². The van der Waals surface area contributed by atoms with E-state index < -0.39 is 5.97 Å². The maximum Gasteiger partial charge on any atom is 0.303 e. The van der Waals surface area contributed by atoms with E-state index in [4.69, 9.17) is 5.11 Å². The van der Waals surface area contributed by atoms with Crippen LogP contribution in [-0.4, -0.2) is 35.4 Å². The SMILES string of the molecule is C[C@H](CNCCCCCCCC(=O)O)[C@H]1CC[C@H]2C3CC=C4C[C@@H](O)CC[C@]4(C)[C@H]3CC[C@]12C. The summed E-state index contributed by atoms with van der Waals surface area (Å²) in [6.45, 7) is 9.91. The predicted molar refractivity (Wildman–Crippen MR) is 139 cm³/mol. The molecule has 8 atom stereocenters. The number of rotatable bonds is 11. The van der Waals surface area contributed by atoms with Crippen molar-refractivity contribution in [2.45, 2.75) is 117 Å². The molecular formula is C30H51NO3. The van der Waals surface area contributed by atoms with Crippen molar-refractivity contribution in [1.29, 1.82) is 0 Å². The molecule has 3 saturated carbocycles. The fourth-order valence-electron chi connectivity index (χ4n) is 9.15. The first kappa shape index (κ1) is 26.2. The van der Waals surface area contributed by atoms with Crippen LogP contribution in [-0.2, 0) is 4.79 Å². The third kappa shape index (κ3) is 5.28. The number of aliphatic hydroxyl groups excluding tert-OH is 1. The first-order valence-corrected chi connectivity index (χ1v) is 14.6. The normalized spacial score (nSPS) is 40.1. The monoisotopic (exact) mass is 473 g/mol. The van der Waals surface area contributed by atoms with Crippen LogP contribution in [0.2, 0.25) is 0 Å². The number of aliphatic hydroxyl groups is 1. The summed E-state index contributed by atoms with van der Waals surface area (Å²) in [5.41, 5.74) is 2.44. The molecule has 0 bridgehead atoms. The minimum Gasteiger partial charge on any atom is -0.481 e. The molecule has 0 saturated heterocycles. The number of unbranched alkanes of at least 4 members (excludes halogenated alkanes) is 4. The van der Waals surface area contributed by atoms with Gasteiger partial charge in [0.1, 0.15) is 0 Å². The van der Waals surface area contributed by atoms with Gasteiger partial charge >= 0.3 is 5.97 Å². The lowest BCUT2D eigenvalue weighted by Crippen LogP contribution is -2.51. The maximum atomic E-state index is 10.6. The topological polar surface area (TPSA) is 69.6 Å². The molecule has 0 aliphatic heterocycles. The summed E-state index contributed by atoms with van der Waals surface area (Å²) in [5, 5.41) is 22.7. The number of carboxylic acids is 1. The number of allylic oxidation sites excluding steroid dienone is 1. The zero-order chi connectivity index (χ0) is 24.3. The molecule has 4 aliphatic rings. The Labute approximate surface area is 208 Å². The van der Waals surface area contributed by atoms with E-state index in [-0.39, 0.29) is 6.10 Å². The fraction of sp³-hybridized carbons (Fsp3) is 0.900. The summed E-state index contributed by atoms with van der Waals surface area (Å²) in [6, 6.07) is 0. The van der Waals surface area contributed by atoms with Gasteiger partial charge in [-0.2, -0.15) is 0 Å². The highest BCUT2D eigenvalue weighted by Crippen LogP contribution is 2.67. The lowest BCUT2D eigenvalue weighted by molar-refractivity contribution is -0.137. The number of hydrogen-bond acceptors (Lipinski definition) is 3. The Morgan fingerprint density at radius 2 is 1.82 bits per heavy atom. The van der Waals surface area contributed by atoms with Gasteiger partial charge in [0, 0.05) is 6.42 Å². The maximum absolute atomic E-state index is 10.6. The number of nitrogens with one attached hydrogen (secondary N) is 1. The molecule has 0 aromatic rings. The van der Waals surface area contributed by atoms with Crippen molar-refractivity contribution in [3.63, 3.8) is 0 Å². The number of carboxylic acid groups (broad SMARTS) is 1. The third-order valence-corrected chi connectivity index (χ3v) is 11.0. The molecule has 4 nitrogen and oxygen atoms in total. The van der Waals surface area contributed by atoms with Gasteiger partial charge in [0.2, 0.25) is 0 Å². The van der Waals surface area contributed by atoms with Crippen molar-refractivity contribution in [1.82, 2.24) is 5.32 Å². The molecule has 3 N–H and O–H groups in total. The van der Waals surface area contributed by atoms with Crippen molar-refractivity contribution in [3.05, 3.63) is 11.6 Å². The smallest absolute Gasteiger partial charge is 0.303 e. The first-order chi connectivity index (χ1) is 16.3.